The second-order valence-electron chi connectivity index (χ2n) is 4.27. The van der Waals surface area contributed by atoms with E-state index < -0.39 is 0 Å². The zero-order chi connectivity index (χ0) is 14.9. The standard InChI is InChI=1S/C14H11Cl2IN2O/c1-7-4-9(18)6-12(16)13(7)19-14(20)10-5-8(17)2-3-11(10)15/h2-6H,18H2,1H3,(H,19,20). The molecule has 0 radical (unpaired) electrons. The third-order valence-electron chi connectivity index (χ3n) is 2.72. The minimum Gasteiger partial charge on any atom is -0.399 e. The van der Waals surface area contributed by atoms with E-state index in [1.807, 2.05) is 13.0 Å². The van der Waals surface area contributed by atoms with Crippen molar-refractivity contribution in [1.29, 1.82) is 0 Å². The van der Waals surface area contributed by atoms with Gasteiger partial charge in [0.2, 0.25) is 0 Å². The third-order valence-corrected chi connectivity index (χ3v) is 4.02. The maximum atomic E-state index is 12.3. The molecule has 0 unspecified atom stereocenters. The Labute approximate surface area is 140 Å². The van der Waals surface area contributed by atoms with Crippen LogP contribution in [0.15, 0.2) is 30.3 Å². The monoisotopic (exact) mass is 420 g/mol. The fourth-order valence-corrected chi connectivity index (χ4v) is 2.80. The van der Waals surface area contributed by atoms with Crippen LogP contribution >= 0.6 is 45.8 Å². The van der Waals surface area contributed by atoms with Gasteiger partial charge in [0.15, 0.2) is 0 Å². The van der Waals surface area contributed by atoms with Gasteiger partial charge in [-0.3, -0.25) is 4.79 Å². The van der Waals surface area contributed by atoms with Crippen molar-refractivity contribution >= 4 is 63.1 Å². The quantitative estimate of drug-likeness (QED) is 0.544. The van der Waals surface area contributed by atoms with Crippen LogP contribution < -0.4 is 11.1 Å². The predicted molar refractivity (Wildman–Crippen MR) is 92.7 cm³/mol. The Morgan fingerprint density at radius 2 is 1.90 bits per heavy atom. The van der Waals surface area contributed by atoms with E-state index in [0.29, 0.717) is 27.0 Å². The molecule has 0 heterocycles. The molecule has 2 rings (SSSR count). The molecule has 0 saturated heterocycles. The highest BCUT2D eigenvalue weighted by Gasteiger charge is 2.14. The molecule has 0 aliphatic rings. The number of benzene rings is 2. The first-order valence-electron chi connectivity index (χ1n) is 5.70. The molecule has 0 fully saturated rings. The van der Waals surface area contributed by atoms with Crippen LogP contribution in [0.1, 0.15) is 15.9 Å². The lowest BCUT2D eigenvalue weighted by Gasteiger charge is -2.12. The first kappa shape index (κ1) is 15.4. The van der Waals surface area contributed by atoms with Gasteiger partial charge in [-0.25, -0.2) is 0 Å². The first-order valence-corrected chi connectivity index (χ1v) is 7.54. The average molecular weight is 421 g/mol. The largest absolute Gasteiger partial charge is 0.399 e. The van der Waals surface area contributed by atoms with Gasteiger partial charge >= 0.3 is 0 Å². The molecular formula is C14H11Cl2IN2O. The van der Waals surface area contributed by atoms with Crippen LogP contribution in [0.5, 0.6) is 0 Å². The maximum absolute atomic E-state index is 12.3. The summed E-state index contributed by atoms with van der Waals surface area (Å²) in [5.41, 5.74) is 8.00. The summed E-state index contributed by atoms with van der Waals surface area (Å²) in [7, 11) is 0. The molecule has 0 saturated carbocycles. The number of hydrogen-bond acceptors (Lipinski definition) is 2. The van der Waals surface area contributed by atoms with Gasteiger partial charge in [0.05, 0.1) is 21.3 Å². The lowest BCUT2D eigenvalue weighted by molar-refractivity contribution is 0.102. The number of nitrogens with one attached hydrogen (secondary N) is 1. The van der Waals surface area contributed by atoms with Gasteiger partial charge < -0.3 is 11.1 Å². The van der Waals surface area contributed by atoms with Gasteiger partial charge in [-0.2, -0.15) is 0 Å². The van der Waals surface area contributed by atoms with Crippen LogP contribution in [0, 0.1) is 10.5 Å². The van der Waals surface area contributed by atoms with E-state index in [0.717, 1.165) is 9.13 Å². The van der Waals surface area contributed by atoms with Gasteiger partial charge in [-0.05, 0) is 65.4 Å². The van der Waals surface area contributed by atoms with Gasteiger partial charge in [-0.15, -0.1) is 0 Å². The summed E-state index contributed by atoms with van der Waals surface area (Å²) in [5, 5.41) is 3.57. The number of aryl methyl sites for hydroxylation is 1. The van der Waals surface area contributed by atoms with Gasteiger partial charge in [0, 0.05) is 9.26 Å². The summed E-state index contributed by atoms with van der Waals surface area (Å²) in [6.07, 6.45) is 0. The molecule has 6 heteroatoms. The number of halogens is 3. The summed E-state index contributed by atoms with van der Waals surface area (Å²) in [6, 6.07) is 8.59. The van der Waals surface area contributed by atoms with Gasteiger partial charge in [0.1, 0.15) is 0 Å². The molecule has 0 aliphatic carbocycles. The second kappa shape index (κ2) is 6.20. The molecule has 104 valence electrons. The van der Waals surface area contributed by atoms with Crippen LogP contribution in [0.3, 0.4) is 0 Å². The van der Waals surface area contributed by atoms with Crippen molar-refractivity contribution in [3.63, 3.8) is 0 Å². The highest BCUT2D eigenvalue weighted by Crippen LogP contribution is 2.29. The van der Waals surface area contributed by atoms with E-state index in [-0.39, 0.29) is 5.91 Å². The molecule has 3 N–H and O–H groups in total. The number of rotatable bonds is 2. The highest BCUT2D eigenvalue weighted by atomic mass is 127. The summed E-state index contributed by atoms with van der Waals surface area (Å²) >= 11 is 14.3. The van der Waals surface area contributed by atoms with Crippen LogP contribution in [-0.2, 0) is 0 Å². The number of hydrogen-bond donors (Lipinski definition) is 2. The van der Waals surface area contributed by atoms with E-state index in [2.05, 4.69) is 27.9 Å². The van der Waals surface area contributed by atoms with E-state index in [1.165, 1.54) is 0 Å². The van der Waals surface area contributed by atoms with Crippen molar-refractivity contribution in [3.8, 4) is 0 Å². The number of carbonyl (C=O) groups is 1. The lowest BCUT2D eigenvalue weighted by Crippen LogP contribution is -2.14. The SMILES string of the molecule is Cc1cc(N)cc(Cl)c1NC(=O)c1cc(I)ccc1Cl. The fourth-order valence-electron chi connectivity index (χ4n) is 1.78. The number of amides is 1. The average Bonchev–Trinajstić information content (AvgIpc) is 2.36. The number of nitrogen functional groups attached to an aromatic ring is 1. The van der Waals surface area contributed by atoms with Gasteiger partial charge in [-0.1, -0.05) is 23.2 Å². The smallest absolute Gasteiger partial charge is 0.257 e. The Morgan fingerprint density at radius 3 is 2.55 bits per heavy atom. The Bertz CT molecular complexity index is 666. The normalized spacial score (nSPS) is 10.4. The molecule has 0 aliphatic heterocycles. The molecule has 1 amide bonds. The molecule has 0 bridgehead atoms. The van der Waals surface area contributed by atoms with E-state index in [4.69, 9.17) is 28.9 Å². The van der Waals surface area contributed by atoms with Crippen LogP contribution in [0.25, 0.3) is 0 Å². The Hall–Kier alpha value is -0.980. The second-order valence-corrected chi connectivity index (χ2v) is 6.33. The van der Waals surface area contributed by atoms with Gasteiger partial charge in [0.25, 0.3) is 5.91 Å². The van der Waals surface area contributed by atoms with E-state index in [9.17, 15) is 4.79 Å². The zero-order valence-electron chi connectivity index (χ0n) is 10.5. The minimum absolute atomic E-state index is 0.303. The molecule has 2 aromatic rings. The molecule has 0 aromatic heterocycles. The highest BCUT2D eigenvalue weighted by molar-refractivity contribution is 14.1. The van der Waals surface area contributed by atoms with Crippen LogP contribution in [0.2, 0.25) is 10.0 Å². The Morgan fingerprint density at radius 1 is 1.20 bits per heavy atom. The fraction of sp³-hybridized carbons (Fsp3) is 0.0714. The minimum atomic E-state index is -0.303. The van der Waals surface area contributed by atoms with Crippen molar-refractivity contribution in [2.75, 3.05) is 11.1 Å². The molecule has 0 atom stereocenters. The van der Waals surface area contributed by atoms with Crippen LogP contribution in [-0.4, -0.2) is 5.91 Å². The topological polar surface area (TPSA) is 55.1 Å². The number of nitrogens with two attached hydrogens (primary N) is 1. The predicted octanol–water partition coefficient (Wildman–Crippen LogP) is 4.74. The van der Waals surface area contributed by atoms with Crippen molar-refractivity contribution in [3.05, 3.63) is 55.1 Å². The van der Waals surface area contributed by atoms with E-state index >= 15 is 0 Å². The summed E-state index contributed by atoms with van der Waals surface area (Å²) in [4.78, 5) is 12.3. The summed E-state index contributed by atoms with van der Waals surface area (Å²) in [5.74, 6) is -0.303. The molecular weight excluding hydrogens is 410 g/mol. The van der Waals surface area contributed by atoms with Crippen molar-refractivity contribution in [2.45, 2.75) is 6.92 Å². The molecule has 0 spiro atoms. The van der Waals surface area contributed by atoms with Crippen molar-refractivity contribution < 1.29 is 4.79 Å². The number of carbonyl (C=O) groups excluding carboxylic acids is 1. The first-order chi connectivity index (χ1) is 9.38. The lowest BCUT2D eigenvalue weighted by atomic mass is 10.1. The molecule has 3 nitrogen and oxygen atoms in total. The van der Waals surface area contributed by atoms with Crippen molar-refractivity contribution in [1.82, 2.24) is 0 Å². The Kier molecular flexibility index (Phi) is 4.78. The Balaban J connectivity index is 2.35. The maximum Gasteiger partial charge on any atom is 0.257 e. The summed E-state index contributed by atoms with van der Waals surface area (Å²) in [6.45, 7) is 1.83. The summed E-state index contributed by atoms with van der Waals surface area (Å²) < 4.78 is 0.928. The third kappa shape index (κ3) is 3.37. The van der Waals surface area contributed by atoms with E-state index in [1.54, 1.807) is 24.3 Å². The zero-order valence-corrected chi connectivity index (χ0v) is 14.2. The van der Waals surface area contributed by atoms with Crippen LogP contribution in [0.4, 0.5) is 11.4 Å². The molecule has 2 aromatic carbocycles. The van der Waals surface area contributed by atoms with Crippen molar-refractivity contribution in [2.24, 2.45) is 0 Å². The molecule has 20 heavy (non-hydrogen) atoms. The number of anilines is 2.